The van der Waals surface area contributed by atoms with Crippen molar-refractivity contribution in [3.8, 4) is 0 Å². The molecular weight excluding hydrogens is 456 g/mol. The highest BCUT2D eigenvalue weighted by Crippen LogP contribution is 2.34. The lowest BCUT2D eigenvalue weighted by atomic mass is 9.90. The van der Waals surface area contributed by atoms with Crippen LogP contribution in [0.4, 0.5) is 4.79 Å². The zero-order valence-electron chi connectivity index (χ0n) is 20.9. The number of amides is 1. The molecule has 31 heavy (non-hydrogen) atoms. The average molecular weight is 500 g/mol. The highest BCUT2D eigenvalue weighted by atomic mass is 79.9. The highest BCUT2D eigenvalue weighted by Gasteiger charge is 2.29. The van der Waals surface area contributed by atoms with Gasteiger partial charge >= 0.3 is 6.09 Å². The summed E-state index contributed by atoms with van der Waals surface area (Å²) in [5, 5.41) is 0. The van der Waals surface area contributed by atoms with E-state index < -0.39 is 5.60 Å². The number of hydrogen-bond acceptors (Lipinski definition) is 4. The number of hydrogen-bond donors (Lipinski definition) is 0. The fourth-order valence-electron chi connectivity index (χ4n) is 3.99. The summed E-state index contributed by atoms with van der Waals surface area (Å²) in [5.41, 5.74) is 3.50. The molecule has 178 valence electrons. The molecule has 5 nitrogen and oxygen atoms in total. The summed E-state index contributed by atoms with van der Waals surface area (Å²) < 4.78 is 12.0. The van der Waals surface area contributed by atoms with Crippen LogP contribution in [0.5, 0.6) is 0 Å². The first-order valence-corrected chi connectivity index (χ1v) is 12.4. The van der Waals surface area contributed by atoms with E-state index in [9.17, 15) is 4.79 Å². The Morgan fingerprint density at radius 2 is 1.94 bits per heavy atom. The summed E-state index contributed by atoms with van der Waals surface area (Å²) in [4.78, 5) is 16.9. The van der Waals surface area contributed by atoms with Crippen LogP contribution in [-0.4, -0.2) is 61.4 Å². The van der Waals surface area contributed by atoms with Gasteiger partial charge in [-0.1, -0.05) is 42.8 Å². The van der Waals surface area contributed by atoms with Gasteiger partial charge in [-0.25, -0.2) is 4.79 Å². The van der Waals surface area contributed by atoms with Crippen LogP contribution < -0.4 is 0 Å². The second-order valence-corrected chi connectivity index (χ2v) is 10.2. The highest BCUT2D eigenvalue weighted by molar-refractivity contribution is 9.11. The number of ether oxygens (including phenoxy) is 2. The third-order valence-corrected chi connectivity index (χ3v) is 5.64. The molecule has 0 N–H and O–H groups in total. The molecule has 0 aromatic carbocycles. The summed E-state index contributed by atoms with van der Waals surface area (Å²) in [6.07, 6.45) is 7.47. The second kappa shape index (κ2) is 13.3. The van der Waals surface area contributed by atoms with Crippen LogP contribution in [0.2, 0.25) is 0 Å². The molecule has 0 bridgehead atoms. The molecule has 1 saturated heterocycles. The van der Waals surface area contributed by atoms with E-state index in [2.05, 4.69) is 47.0 Å². The summed E-state index contributed by atoms with van der Waals surface area (Å²) in [5.74, 6) is 0.240. The Morgan fingerprint density at radius 3 is 2.52 bits per heavy atom. The van der Waals surface area contributed by atoms with E-state index in [1.54, 1.807) is 7.11 Å². The van der Waals surface area contributed by atoms with Gasteiger partial charge in [0.05, 0.1) is 6.61 Å². The van der Waals surface area contributed by atoms with Crippen molar-refractivity contribution in [2.75, 3.05) is 39.9 Å². The van der Waals surface area contributed by atoms with Gasteiger partial charge in [-0.15, -0.1) is 0 Å². The lowest BCUT2D eigenvalue weighted by Crippen LogP contribution is -2.38. The number of rotatable bonds is 4. The van der Waals surface area contributed by atoms with Crippen LogP contribution in [0.25, 0.3) is 0 Å². The van der Waals surface area contributed by atoms with E-state index in [0.29, 0.717) is 13.1 Å². The van der Waals surface area contributed by atoms with Crippen LogP contribution in [0.3, 0.4) is 0 Å². The number of halogens is 1. The predicted molar refractivity (Wildman–Crippen MR) is 133 cm³/mol. The van der Waals surface area contributed by atoms with Crippen molar-refractivity contribution in [3.63, 3.8) is 0 Å². The molecule has 0 radical (unpaired) electrons. The first kappa shape index (κ1) is 27.8. The summed E-state index contributed by atoms with van der Waals surface area (Å²) in [6.45, 7) is 18.1. The van der Waals surface area contributed by atoms with E-state index in [4.69, 9.17) is 9.47 Å². The van der Waals surface area contributed by atoms with Gasteiger partial charge in [-0.05, 0) is 74.1 Å². The maximum atomic E-state index is 12.7. The first-order chi connectivity index (χ1) is 14.6. The molecule has 6 heteroatoms. The van der Waals surface area contributed by atoms with Gasteiger partial charge < -0.3 is 19.3 Å². The Labute approximate surface area is 198 Å². The van der Waals surface area contributed by atoms with Crippen molar-refractivity contribution in [2.45, 2.75) is 73.3 Å². The van der Waals surface area contributed by atoms with Crippen molar-refractivity contribution in [3.05, 3.63) is 33.5 Å². The Hall–Kier alpha value is -1.27. The van der Waals surface area contributed by atoms with Crippen LogP contribution in [0, 0.1) is 5.92 Å². The van der Waals surface area contributed by atoms with Crippen molar-refractivity contribution in [1.29, 1.82) is 0 Å². The Morgan fingerprint density at radius 1 is 1.26 bits per heavy atom. The van der Waals surface area contributed by atoms with Crippen LogP contribution in [0.1, 0.15) is 67.7 Å². The molecule has 1 unspecified atom stereocenters. The maximum absolute atomic E-state index is 12.7. The van der Waals surface area contributed by atoms with E-state index in [1.165, 1.54) is 16.7 Å². The van der Waals surface area contributed by atoms with E-state index in [0.717, 1.165) is 43.4 Å². The fourth-order valence-corrected chi connectivity index (χ4v) is 4.64. The van der Waals surface area contributed by atoms with Crippen LogP contribution in [-0.2, 0) is 9.47 Å². The minimum atomic E-state index is -0.478. The van der Waals surface area contributed by atoms with Crippen molar-refractivity contribution >= 4 is 22.0 Å². The molecule has 2 aliphatic heterocycles. The van der Waals surface area contributed by atoms with Gasteiger partial charge in [0, 0.05) is 39.5 Å². The van der Waals surface area contributed by atoms with Gasteiger partial charge in [-0.2, -0.15) is 0 Å². The monoisotopic (exact) mass is 498 g/mol. The zero-order valence-corrected chi connectivity index (χ0v) is 22.5. The molecule has 1 atom stereocenters. The lowest BCUT2D eigenvalue weighted by Gasteiger charge is -2.27. The van der Waals surface area contributed by atoms with Crippen LogP contribution in [0.15, 0.2) is 33.5 Å². The Balaban J connectivity index is 0.00000233. The third-order valence-electron chi connectivity index (χ3n) is 5.21. The molecule has 0 spiro atoms. The fraction of sp³-hybridized carbons (Fsp3) is 0.720. The molecule has 1 fully saturated rings. The van der Waals surface area contributed by atoms with Crippen molar-refractivity contribution < 1.29 is 14.3 Å². The SMILES string of the molecule is CC.COCCN1C=C(/C=C2/CCN(C(=O)OC(C)(C)C)CC(C)/C2=C(/C)Br)CCC1. The number of carbonyl (C=O) groups is 1. The van der Waals surface area contributed by atoms with Gasteiger partial charge in [0.15, 0.2) is 0 Å². The number of methoxy groups -OCH3 is 1. The molecule has 1 amide bonds. The Bertz CT molecular complexity index is 673. The standard InChI is InChI=1S/C23H37BrN2O3.C2H6/c1-17-15-26(22(27)29-23(3,4)5)11-9-20(21(17)18(2)24)14-19-8-7-10-25(16-19)12-13-28-6;1-2/h14,16-17H,7-13,15H2,1-6H3;1-2H3/b20-14-,21-18+;. The smallest absolute Gasteiger partial charge is 0.410 e. The lowest BCUT2D eigenvalue weighted by molar-refractivity contribution is 0.0243. The summed E-state index contributed by atoms with van der Waals surface area (Å²) in [7, 11) is 1.75. The molecular formula is C25H43BrN2O3. The number of likely N-dealkylation sites (tertiary alicyclic amines) is 1. The molecule has 2 heterocycles. The Kier molecular flexibility index (Phi) is 11.9. The quantitative estimate of drug-likeness (QED) is 0.442. The minimum absolute atomic E-state index is 0.222. The minimum Gasteiger partial charge on any atom is -0.444 e. The second-order valence-electron chi connectivity index (χ2n) is 9.03. The summed E-state index contributed by atoms with van der Waals surface area (Å²) in [6, 6.07) is 0. The molecule has 2 aliphatic rings. The largest absolute Gasteiger partial charge is 0.444 e. The molecule has 0 aromatic rings. The van der Waals surface area contributed by atoms with Gasteiger partial charge in [0.1, 0.15) is 5.60 Å². The topological polar surface area (TPSA) is 42.0 Å². The van der Waals surface area contributed by atoms with Gasteiger partial charge in [0.2, 0.25) is 0 Å². The van der Waals surface area contributed by atoms with Gasteiger partial charge in [0.25, 0.3) is 0 Å². The first-order valence-electron chi connectivity index (χ1n) is 11.6. The van der Waals surface area contributed by atoms with E-state index in [1.807, 2.05) is 39.5 Å². The van der Waals surface area contributed by atoms with E-state index in [-0.39, 0.29) is 12.0 Å². The number of nitrogens with zero attached hydrogens (tertiary/aromatic N) is 2. The zero-order chi connectivity index (χ0) is 23.6. The van der Waals surface area contributed by atoms with Crippen molar-refractivity contribution in [2.24, 2.45) is 5.92 Å². The maximum Gasteiger partial charge on any atom is 0.410 e. The average Bonchev–Trinajstić information content (AvgIpc) is 2.85. The number of carbonyl (C=O) groups excluding carboxylic acids is 1. The van der Waals surface area contributed by atoms with Crippen molar-refractivity contribution in [1.82, 2.24) is 9.80 Å². The third kappa shape index (κ3) is 9.40. The summed E-state index contributed by atoms with van der Waals surface area (Å²) >= 11 is 3.73. The number of allylic oxidation sites excluding steroid dienone is 3. The molecule has 2 rings (SSSR count). The normalized spacial score (nSPS) is 22.9. The predicted octanol–water partition coefficient (Wildman–Crippen LogP) is 6.51. The van der Waals surface area contributed by atoms with Gasteiger partial charge in [-0.3, -0.25) is 0 Å². The van der Waals surface area contributed by atoms with Crippen LogP contribution >= 0.6 is 15.9 Å². The molecule has 0 aromatic heterocycles. The molecule has 0 aliphatic carbocycles. The molecule has 0 saturated carbocycles. The van der Waals surface area contributed by atoms with E-state index >= 15 is 0 Å².